The molecule has 3 aromatic rings. The maximum atomic E-state index is 13.6. The van der Waals surface area contributed by atoms with Gasteiger partial charge in [-0.3, -0.25) is 4.79 Å². The second kappa shape index (κ2) is 9.38. The monoisotopic (exact) mass is 463 g/mol. The van der Waals surface area contributed by atoms with E-state index >= 15 is 0 Å². The van der Waals surface area contributed by atoms with Crippen LogP contribution in [0.3, 0.4) is 0 Å². The van der Waals surface area contributed by atoms with Gasteiger partial charge in [-0.2, -0.15) is 0 Å². The Morgan fingerprint density at radius 3 is 2.42 bits per heavy atom. The van der Waals surface area contributed by atoms with Crippen LogP contribution < -0.4 is 30.2 Å². The molecule has 0 aromatic heterocycles. The predicted molar refractivity (Wildman–Crippen MR) is 133 cm³/mol. The van der Waals surface area contributed by atoms with Crippen molar-refractivity contribution in [3.8, 4) is 17.2 Å². The predicted octanol–water partition coefficient (Wildman–Crippen LogP) is 4.30. The molecule has 8 heteroatoms. The fourth-order valence-electron chi connectivity index (χ4n) is 4.06. The Bertz CT molecular complexity index is 1270. The third-order valence-electron chi connectivity index (χ3n) is 5.61. The number of ether oxygens (including phenoxy) is 3. The fraction of sp³-hybridized carbons (Fsp3) is 0.200. The Labute approximate surface area is 197 Å². The number of rotatable bonds is 6. The number of benzene rings is 3. The van der Waals surface area contributed by atoms with E-state index in [4.69, 9.17) is 26.4 Å². The minimum absolute atomic E-state index is 0.304. The van der Waals surface area contributed by atoms with E-state index in [1.165, 1.54) is 0 Å². The average molecular weight is 464 g/mol. The van der Waals surface area contributed by atoms with Crippen molar-refractivity contribution in [1.82, 2.24) is 10.6 Å². The van der Waals surface area contributed by atoms with Crippen LogP contribution >= 0.6 is 12.2 Å². The second-order valence-electron chi connectivity index (χ2n) is 7.49. The second-order valence-corrected chi connectivity index (χ2v) is 7.90. The largest absolute Gasteiger partial charge is 0.497 e. The van der Waals surface area contributed by atoms with E-state index in [1.807, 2.05) is 43.3 Å². The number of thiocarbonyl (C=S) groups is 1. The maximum Gasteiger partial charge on any atom is 0.255 e. The third kappa shape index (κ3) is 4.29. The molecule has 0 saturated heterocycles. The number of allylic oxidation sites excluding steroid dienone is 1. The van der Waals surface area contributed by atoms with Gasteiger partial charge in [-0.15, -0.1) is 0 Å². The van der Waals surface area contributed by atoms with Crippen molar-refractivity contribution in [1.29, 1.82) is 0 Å². The molecule has 0 spiro atoms. The van der Waals surface area contributed by atoms with Crippen LogP contribution in [0.5, 0.6) is 17.2 Å². The Hall–Kier alpha value is -3.78. The van der Waals surface area contributed by atoms with Crippen LogP contribution in [0.15, 0.2) is 65.9 Å². The van der Waals surface area contributed by atoms with Crippen molar-refractivity contribution in [2.45, 2.75) is 13.0 Å². The lowest BCUT2D eigenvalue weighted by molar-refractivity contribution is -0.113. The molecular formula is C25H25N3O4S. The lowest BCUT2D eigenvalue weighted by atomic mass is 9.90. The SMILES string of the molecule is COc1ccc(OC)c(NC(=O)C2=C(C)NC(=S)N[C@H]2c2c(OC)ccc3ccccc23)c1. The summed E-state index contributed by atoms with van der Waals surface area (Å²) >= 11 is 5.44. The van der Waals surface area contributed by atoms with Gasteiger partial charge < -0.3 is 30.2 Å². The van der Waals surface area contributed by atoms with Crippen molar-refractivity contribution in [3.63, 3.8) is 0 Å². The fourth-order valence-corrected chi connectivity index (χ4v) is 4.34. The van der Waals surface area contributed by atoms with Gasteiger partial charge in [-0.1, -0.05) is 30.3 Å². The average Bonchev–Trinajstić information content (AvgIpc) is 2.82. The summed E-state index contributed by atoms with van der Waals surface area (Å²) in [6.07, 6.45) is 0. The van der Waals surface area contributed by atoms with Gasteiger partial charge in [0, 0.05) is 17.3 Å². The highest BCUT2D eigenvalue weighted by Crippen LogP contribution is 2.39. The van der Waals surface area contributed by atoms with Crippen molar-refractivity contribution in [2.24, 2.45) is 0 Å². The molecule has 7 nitrogen and oxygen atoms in total. The zero-order valence-corrected chi connectivity index (χ0v) is 19.6. The van der Waals surface area contributed by atoms with E-state index in [2.05, 4.69) is 16.0 Å². The van der Waals surface area contributed by atoms with E-state index in [1.54, 1.807) is 39.5 Å². The van der Waals surface area contributed by atoms with E-state index in [9.17, 15) is 4.79 Å². The maximum absolute atomic E-state index is 13.6. The number of anilines is 1. The normalized spacial score (nSPS) is 15.5. The van der Waals surface area contributed by atoms with Gasteiger partial charge in [0.15, 0.2) is 5.11 Å². The molecule has 1 aliphatic rings. The first kappa shape index (κ1) is 22.4. The molecule has 4 rings (SSSR count). The molecule has 0 unspecified atom stereocenters. The number of methoxy groups -OCH3 is 3. The number of carbonyl (C=O) groups is 1. The minimum atomic E-state index is -0.531. The van der Waals surface area contributed by atoms with Crippen LogP contribution in [0.2, 0.25) is 0 Å². The van der Waals surface area contributed by atoms with E-state index in [-0.39, 0.29) is 5.91 Å². The zero-order valence-electron chi connectivity index (χ0n) is 18.8. The molecule has 33 heavy (non-hydrogen) atoms. The highest BCUT2D eigenvalue weighted by molar-refractivity contribution is 7.80. The van der Waals surface area contributed by atoms with Crippen LogP contribution in [-0.2, 0) is 4.79 Å². The summed E-state index contributed by atoms with van der Waals surface area (Å²) < 4.78 is 16.4. The number of nitrogens with one attached hydrogen (secondary N) is 3. The standard InChI is InChI=1S/C25H25N3O4S/c1-14-21(24(29)27-18-13-16(30-2)10-12-19(18)31-3)23(28-25(33)26-14)22-17-8-6-5-7-15(17)9-11-20(22)32-4/h5-13,23H,1-4H3,(H,27,29)(H2,26,28,33)/t23-/m1/s1. The van der Waals surface area contributed by atoms with Crippen LogP contribution in [0.1, 0.15) is 18.5 Å². The highest BCUT2D eigenvalue weighted by Gasteiger charge is 2.33. The molecule has 0 saturated carbocycles. The summed E-state index contributed by atoms with van der Waals surface area (Å²) in [6.45, 7) is 1.83. The lowest BCUT2D eigenvalue weighted by Crippen LogP contribution is -2.46. The van der Waals surface area contributed by atoms with Gasteiger partial charge in [-0.05, 0) is 48.1 Å². The van der Waals surface area contributed by atoms with Crippen molar-refractivity contribution < 1.29 is 19.0 Å². The first-order chi connectivity index (χ1) is 16.0. The van der Waals surface area contributed by atoms with Gasteiger partial charge >= 0.3 is 0 Å². The van der Waals surface area contributed by atoms with Crippen LogP contribution in [0.25, 0.3) is 10.8 Å². The summed E-state index contributed by atoms with van der Waals surface area (Å²) in [4.78, 5) is 13.6. The first-order valence-corrected chi connectivity index (χ1v) is 10.7. The van der Waals surface area contributed by atoms with E-state index in [0.717, 1.165) is 16.3 Å². The number of fused-ring (bicyclic) bond motifs is 1. The molecule has 170 valence electrons. The zero-order chi connectivity index (χ0) is 23.5. The smallest absolute Gasteiger partial charge is 0.255 e. The highest BCUT2D eigenvalue weighted by atomic mass is 32.1. The van der Waals surface area contributed by atoms with Gasteiger partial charge in [0.2, 0.25) is 0 Å². The van der Waals surface area contributed by atoms with Crippen LogP contribution in [0, 0.1) is 0 Å². The van der Waals surface area contributed by atoms with Gasteiger partial charge in [0.25, 0.3) is 5.91 Å². The molecule has 0 fully saturated rings. The molecule has 1 atom stereocenters. The van der Waals surface area contributed by atoms with Crippen molar-refractivity contribution >= 4 is 39.7 Å². The summed E-state index contributed by atoms with van der Waals surface area (Å²) in [5.74, 6) is 1.48. The van der Waals surface area contributed by atoms with Gasteiger partial charge in [0.05, 0.1) is 38.6 Å². The third-order valence-corrected chi connectivity index (χ3v) is 5.83. The number of carbonyl (C=O) groups excluding carboxylic acids is 1. The molecule has 1 heterocycles. The molecule has 0 aliphatic carbocycles. The topological polar surface area (TPSA) is 80.9 Å². The van der Waals surface area contributed by atoms with Crippen LogP contribution in [-0.4, -0.2) is 32.3 Å². The minimum Gasteiger partial charge on any atom is -0.497 e. The molecular weight excluding hydrogens is 438 g/mol. The molecule has 1 aliphatic heterocycles. The van der Waals surface area contributed by atoms with Gasteiger partial charge in [-0.25, -0.2) is 0 Å². The molecule has 0 radical (unpaired) electrons. The first-order valence-electron chi connectivity index (χ1n) is 10.3. The lowest BCUT2D eigenvalue weighted by Gasteiger charge is -2.32. The summed E-state index contributed by atoms with van der Waals surface area (Å²) in [7, 11) is 4.73. The van der Waals surface area contributed by atoms with E-state index in [0.29, 0.717) is 39.3 Å². The Kier molecular flexibility index (Phi) is 6.37. The number of hydrogen-bond acceptors (Lipinski definition) is 5. The molecule has 3 N–H and O–H groups in total. The Balaban J connectivity index is 1.83. The quantitative estimate of drug-likeness (QED) is 0.471. The van der Waals surface area contributed by atoms with Crippen molar-refractivity contribution in [3.05, 3.63) is 71.4 Å². The molecule has 0 bridgehead atoms. The number of amides is 1. The van der Waals surface area contributed by atoms with E-state index < -0.39 is 6.04 Å². The summed E-state index contributed by atoms with van der Waals surface area (Å²) in [6, 6.07) is 16.6. The Morgan fingerprint density at radius 2 is 1.70 bits per heavy atom. The van der Waals surface area contributed by atoms with Crippen LogP contribution in [0.4, 0.5) is 5.69 Å². The Morgan fingerprint density at radius 1 is 0.970 bits per heavy atom. The summed E-state index contributed by atoms with van der Waals surface area (Å²) in [5.41, 5.74) is 2.47. The molecule has 3 aromatic carbocycles. The van der Waals surface area contributed by atoms with Crippen molar-refractivity contribution in [2.75, 3.05) is 26.6 Å². The molecule has 1 amide bonds. The van der Waals surface area contributed by atoms with Gasteiger partial charge in [0.1, 0.15) is 17.2 Å². The summed E-state index contributed by atoms with van der Waals surface area (Å²) in [5, 5.41) is 11.7. The number of hydrogen-bond donors (Lipinski definition) is 3.